The molecule has 3 N–H and O–H groups in total. The fraction of sp³-hybridized carbons (Fsp3) is 0.214. The second kappa shape index (κ2) is 7.05. The fourth-order valence-corrected chi connectivity index (χ4v) is 2.09. The number of methoxy groups -OCH3 is 3. The monoisotopic (exact) mass is 336 g/mol. The third-order valence-corrected chi connectivity index (χ3v) is 3.11. The van der Waals surface area contributed by atoms with Gasteiger partial charge in [0.05, 0.1) is 21.3 Å². The molecule has 1 heterocycles. The van der Waals surface area contributed by atoms with Crippen molar-refractivity contribution in [3.63, 3.8) is 0 Å². The summed E-state index contributed by atoms with van der Waals surface area (Å²) < 4.78 is 15.8. The molecule has 0 unspecified atom stereocenters. The van der Waals surface area contributed by atoms with Crippen LogP contribution in [0.5, 0.6) is 23.1 Å². The normalized spacial score (nSPS) is 10.8. The molecule has 0 aliphatic rings. The van der Waals surface area contributed by atoms with E-state index in [4.69, 9.17) is 19.9 Å². The van der Waals surface area contributed by atoms with Crippen LogP contribution in [-0.2, 0) is 0 Å². The van der Waals surface area contributed by atoms with Crippen LogP contribution >= 0.6 is 12.6 Å². The molecule has 0 aliphatic carbocycles. The maximum atomic E-state index is 9.77. The first kappa shape index (κ1) is 16.7. The van der Waals surface area contributed by atoms with Gasteiger partial charge in [-0.15, -0.1) is 12.6 Å². The number of hydrogen-bond acceptors (Lipinski definition) is 9. The second-order valence-electron chi connectivity index (χ2n) is 4.30. The van der Waals surface area contributed by atoms with E-state index in [-0.39, 0.29) is 22.5 Å². The first-order valence-electron chi connectivity index (χ1n) is 6.39. The molecule has 0 amide bonds. The van der Waals surface area contributed by atoms with Crippen molar-refractivity contribution in [1.29, 1.82) is 0 Å². The number of hydrogen-bond donors (Lipinski definition) is 3. The number of anilines is 1. The van der Waals surface area contributed by atoms with Crippen LogP contribution in [0.3, 0.4) is 0 Å². The molecule has 0 atom stereocenters. The number of benzene rings is 1. The molecular formula is C14H16N4O4S. The van der Waals surface area contributed by atoms with E-state index in [1.807, 2.05) is 0 Å². The zero-order valence-corrected chi connectivity index (χ0v) is 13.7. The summed E-state index contributed by atoms with van der Waals surface area (Å²) in [6.45, 7) is 0. The van der Waals surface area contributed by atoms with Crippen molar-refractivity contribution < 1.29 is 19.3 Å². The molecule has 2 aromatic rings. The average Bonchev–Trinajstić information content (AvgIpc) is 2.52. The van der Waals surface area contributed by atoms with Gasteiger partial charge in [-0.3, -0.25) is 0 Å². The summed E-state index contributed by atoms with van der Waals surface area (Å²) in [5, 5.41) is 9.83. The maximum Gasteiger partial charge on any atom is 0.243 e. The van der Waals surface area contributed by atoms with Crippen molar-refractivity contribution in [2.45, 2.75) is 5.16 Å². The van der Waals surface area contributed by atoms with Crippen molar-refractivity contribution in [2.24, 2.45) is 4.99 Å². The molecular weight excluding hydrogens is 320 g/mol. The molecule has 122 valence electrons. The number of ether oxygens (including phenoxy) is 3. The molecule has 0 radical (unpaired) electrons. The van der Waals surface area contributed by atoms with Gasteiger partial charge in [0.15, 0.2) is 28.2 Å². The van der Waals surface area contributed by atoms with Gasteiger partial charge in [-0.05, 0) is 12.1 Å². The minimum Gasteiger partial charge on any atom is -0.493 e. The van der Waals surface area contributed by atoms with Crippen molar-refractivity contribution >= 4 is 30.3 Å². The van der Waals surface area contributed by atoms with Gasteiger partial charge in [0, 0.05) is 11.8 Å². The van der Waals surface area contributed by atoms with Crippen molar-refractivity contribution in [1.82, 2.24) is 9.97 Å². The summed E-state index contributed by atoms with van der Waals surface area (Å²) in [6.07, 6.45) is 1.47. The highest BCUT2D eigenvalue weighted by Crippen LogP contribution is 2.38. The quantitative estimate of drug-likeness (QED) is 0.434. The van der Waals surface area contributed by atoms with Gasteiger partial charge in [0.25, 0.3) is 0 Å². The number of nitrogen functional groups attached to an aromatic ring is 1. The van der Waals surface area contributed by atoms with E-state index in [0.717, 1.165) is 0 Å². The molecule has 0 spiro atoms. The molecule has 0 aliphatic heterocycles. The molecule has 0 saturated heterocycles. The maximum absolute atomic E-state index is 9.77. The smallest absolute Gasteiger partial charge is 0.243 e. The fourth-order valence-electron chi connectivity index (χ4n) is 1.89. The summed E-state index contributed by atoms with van der Waals surface area (Å²) in [6, 6.07) is 3.40. The van der Waals surface area contributed by atoms with Gasteiger partial charge >= 0.3 is 0 Å². The first-order chi connectivity index (χ1) is 11.0. The summed E-state index contributed by atoms with van der Waals surface area (Å²) >= 11 is 3.92. The Morgan fingerprint density at radius 1 is 1.13 bits per heavy atom. The molecule has 1 aromatic carbocycles. The first-order valence-corrected chi connectivity index (χ1v) is 6.84. The zero-order valence-electron chi connectivity index (χ0n) is 12.8. The minimum absolute atomic E-state index is 0.0196. The van der Waals surface area contributed by atoms with Gasteiger partial charge in [-0.1, -0.05) is 0 Å². The average molecular weight is 336 g/mol. The lowest BCUT2D eigenvalue weighted by atomic mass is 10.2. The summed E-state index contributed by atoms with van der Waals surface area (Å²) in [4.78, 5) is 11.6. The molecule has 0 bridgehead atoms. The number of nitrogens with zero attached hydrogens (tertiary/aromatic N) is 3. The molecule has 9 heteroatoms. The molecule has 1 aromatic heterocycles. The van der Waals surface area contributed by atoms with E-state index < -0.39 is 0 Å². The van der Waals surface area contributed by atoms with Gasteiger partial charge in [0.2, 0.25) is 11.6 Å². The van der Waals surface area contributed by atoms with Crippen LogP contribution in [0, 0.1) is 0 Å². The lowest BCUT2D eigenvalue weighted by Crippen LogP contribution is -1.97. The van der Waals surface area contributed by atoms with E-state index in [2.05, 4.69) is 27.6 Å². The Hall–Kier alpha value is -2.68. The lowest BCUT2D eigenvalue weighted by Gasteiger charge is -2.12. The predicted octanol–water partition coefficient (Wildman–Crippen LogP) is 1.83. The van der Waals surface area contributed by atoms with Gasteiger partial charge < -0.3 is 25.1 Å². The summed E-state index contributed by atoms with van der Waals surface area (Å²) in [7, 11) is 4.55. The SMILES string of the molecule is COc1cc(/C=N/c2c(N)nc(S)nc2O)cc(OC)c1OC. The van der Waals surface area contributed by atoms with Crippen molar-refractivity contribution in [2.75, 3.05) is 27.1 Å². The zero-order chi connectivity index (χ0) is 17.0. The van der Waals surface area contributed by atoms with Gasteiger partial charge in [0.1, 0.15) is 0 Å². The van der Waals surface area contributed by atoms with Gasteiger partial charge in [-0.2, -0.15) is 4.98 Å². The Morgan fingerprint density at radius 3 is 2.22 bits per heavy atom. The Morgan fingerprint density at radius 2 is 1.74 bits per heavy atom. The van der Waals surface area contributed by atoms with E-state index in [0.29, 0.717) is 22.8 Å². The van der Waals surface area contributed by atoms with Crippen molar-refractivity contribution in [3.8, 4) is 23.1 Å². The predicted molar refractivity (Wildman–Crippen MR) is 88.7 cm³/mol. The van der Waals surface area contributed by atoms with Crippen LogP contribution < -0.4 is 19.9 Å². The van der Waals surface area contributed by atoms with E-state index in [9.17, 15) is 5.11 Å². The van der Waals surface area contributed by atoms with Crippen LogP contribution in [-0.4, -0.2) is 42.6 Å². The standard InChI is InChI=1S/C14H16N4O4S/c1-20-8-4-7(5-9(21-2)11(8)22-3)6-16-10-12(15)17-14(23)18-13(10)19/h4-6H,1-3H3,(H4,15,17,18,19,23)/b16-6+. The third kappa shape index (κ3) is 3.57. The number of nitrogens with two attached hydrogens (primary N) is 1. The molecule has 0 saturated carbocycles. The number of aliphatic imine (C=N–C) groups is 1. The van der Waals surface area contributed by atoms with E-state index >= 15 is 0 Å². The topological polar surface area (TPSA) is 112 Å². The Balaban J connectivity index is 2.44. The second-order valence-corrected chi connectivity index (χ2v) is 4.70. The Labute approximate surface area is 138 Å². The third-order valence-electron chi connectivity index (χ3n) is 2.91. The summed E-state index contributed by atoms with van der Waals surface area (Å²) in [5.74, 6) is 1.09. The molecule has 2 rings (SSSR count). The highest BCUT2D eigenvalue weighted by Gasteiger charge is 2.13. The number of thiol groups is 1. The highest BCUT2D eigenvalue weighted by molar-refractivity contribution is 7.80. The van der Waals surface area contributed by atoms with Crippen LogP contribution in [0.25, 0.3) is 0 Å². The van der Waals surface area contributed by atoms with Gasteiger partial charge in [-0.25, -0.2) is 9.98 Å². The number of aromatic hydroxyl groups is 1. The molecule has 0 fully saturated rings. The Kier molecular flexibility index (Phi) is 5.12. The van der Waals surface area contributed by atoms with Crippen LogP contribution in [0.1, 0.15) is 5.56 Å². The molecule has 8 nitrogen and oxygen atoms in total. The van der Waals surface area contributed by atoms with Crippen molar-refractivity contribution in [3.05, 3.63) is 17.7 Å². The summed E-state index contributed by atoms with van der Waals surface area (Å²) in [5.41, 5.74) is 6.40. The van der Waals surface area contributed by atoms with E-state index in [1.54, 1.807) is 12.1 Å². The highest BCUT2D eigenvalue weighted by atomic mass is 32.1. The Bertz CT molecular complexity index is 704. The lowest BCUT2D eigenvalue weighted by molar-refractivity contribution is 0.324. The molecule has 23 heavy (non-hydrogen) atoms. The number of aromatic nitrogens is 2. The van der Waals surface area contributed by atoms with E-state index in [1.165, 1.54) is 27.5 Å². The minimum atomic E-state index is -0.355. The van der Waals surface area contributed by atoms with Crippen LogP contribution in [0.2, 0.25) is 0 Å². The van der Waals surface area contributed by atoms with Crippen LogP contribution in [0.4, 0.5) is 11.5 Å². The van der Waals surface area contributed by atoms with Crippen LogP contribution in [0.15, 0.2) is 22.3 Å². The largest absolute Gasteiger partial charge is 0.493 e. The number of rotatable bonds is 5.